The van der Waals surface area contributed by atoms with Crippen LogP contribution in [0.25, 0.3) is 0 Å². The summed E-state index contributed by atoms with van der Waals surface area (Å²) >= 11 is 0. The van der Waals surface area contributed by atoms with Crippen LogP contribution in [0.5, 0.6) is 0 Å². The predicted octanol–water partition coefficient (Wildman–Crippen LogP) is -1.24. The van der Waals surface area contributed by atoms with Crippen molar-refractivity contribution in [2.75, 3.05) is 13.6 Å². The maximum absolute atomic E-state index is 10.3. The third kappa shape index (κ3) is 10.8. The summed E-state index contributed by atoms with van der Waals surface area (Å²) in [5, 5.41) is 0. The van der Waals surface area contributed by atoms with Gasteiger partial charge in [0, 0.05) is 13.6 Å². The van der Waals surface area contributed by atoms with Crippen LogP contribution < -0.4 is 5.73 Å². The standard InChI is InChI=1S/C4H12N3O3P.CO2/c1-3-7(2)4(5)6-11(8,9)10;2-1-3/h3H2,1-2H3,(H4,5,6,8,9,10);. The van der Waals surface area contributed by atoms with Crippen molar-refractivity contribution in [2.45, 2.75) is 6.92 Å². The maximum atomic E-state index is 10.3. The van der Waals surface area contributed by atoms with E-state index in [4.69, 9.17) is 25.1 Å². The SMILES string of the molecule is CCN(C)C(N)=NP(=O)(O)O.O=C=O. The maximum Gasteiger partial charge on any atom is 0.451 e. The molecule has 4 N–H and O–H groups in total. The van der Waals surface area contributed by atoms with Crippen molar-refractivity contribution in [1.29, 1.82) is 0 Å². The highest BCUT2D eigenvalue weighted by molar-refractivity contribution is 7.50. The topological polar surface area (TPSA) is 133 Å². The molecule has 0 aliphatic heterocycles. The first-order chi connectivity index (χ1) is 6.28. The average molecular weight is 225 g/mol. The van der Waals surface area contributed by atoms with Crippen LogP contribution >= 0.6 is 7.75 Å². The Balaban J connectivity index is 0. The van der Waals surface area contributed by atoms with E-state index in [1.807, 2.05) is 0 Å². The van der Waals surface area contributed by atoms with Crippen LogP contribution in [-0.2, 0) is 14.2 Å². The van der Waals surface area contributed by atoms with Gasteiger partial charge in [-0.1, -0.05) is 0 Å². The van der Waals surface area contributed by atoms with Gasteiger partial charge in [-0.3, -0.25) is 0 Å². The van der Waals surface area contributed by atoms with Crippen LogP contribution in [0.1, 0.15) is 6.92 Å². The van der Waals surface area contributed by atoms with Crippen molar-refractivity contribution >= 4 is 19.9 Å². The molecule has 0 atom stereocenters. The minimum absolute atomic E-state index is 0.152. The predicted molar refractivity (Wildman–Crippen MR) is 47.0 cm³/mol. The normalized spacial score (nSPS) is 11.0. The Morgan fingerprint density at radius 2 is 1.93 bits per heavy atom. The second-order valence-electron chi connectivity index (χ2n) is 2.07. The number of rotatable bonds is 2. The Bertz CT molecular complexity index is 267. The Morgan fingerprint density at radius 3 is 2.14 bits per heavy atom. The van der Waals surface area contributed by atoms with Crippen LogP contribution in [0.2, 0.25) is 0 Å². The third-order valence-corrected chi connectivity index (χ3v) is 1.56. The summed E-state index contributed by atoms with van der Waals surface area (Å²) in [6.45, 7) is 2.34. The van der Waals surface area contributed by atoms with Gasteiger partial charge in [0.05, 0.1) is 0 Å². The van der Waals surface area contributed by atoms with E-state index in [1.165, 1.54) is 4.90 Å². The fourth-order valence-corrected chi connectivity index (χ4v) is 0.791. The van der Waals surface area contributed by atoms with Crippen molar-refractivity contribution in [1.82, 2.24) is 4.90 Å². The summed E-state index contributed by atoms with van der Waals surface area (Å²) in [5.41, 5.74) is 5.20. The second-order valence-corrected chi connectivity index (χ2v) is 3.30. The molecule has 0 unspecified atom stereocenters. The molecule has 0 heterocycles. The van der Waals surface area contributed by atoms with Gasteiger partial charge in [0.2, 0.25) is 5.96 Å². The molecule has 0 amide bonds. The van der Waals surface area contributed by atoms with Crippen molar-refractivity contribution in [3.8, 4) is 0 Å². The van der Waals surface area contributed by atoms with Gasteiger partial charge in [-0.2, -0.15) is 9.59 Å². The van der Waals surface area contributed by atoms with E-state index in [0.29, 0.717) is 6.54 Å². The van der Waals surface area contributed by atoms with Gasteiger partial charge in [0.25, 0.3) is 0 Å². The van der Waals surface area contributed by atoms with Gasteiger partial charge < -0.3 is 20.4 Å². The molecule has 0 bridgehead atoms. The zero-order valence-corrected chi connectivity index (χ0v) is 8.64. The van der Waals surface area contributed by atoms with E-state index in [0.717, 1.165) is 0 Å². The largest absolute Gasteiger partial charge is 0.451 e. The first-order valence-electron chi connectivity index (χ1n) is 3.40. The minimum Gasteiger partial charge on any atom is -0.369 e. The van der Waals surface area contributed by atoms with Crippen molar-refractivity contribution < 1.29 is 23.9 Å². The summed E-state index contributed by atoms with van der Waals surface area (Å²) in [7, 11) is -2.78. The molecule has 0 aliphatic carbocycles. The van der Waals surface area contributed by atoms with Gasteiger partial charge in [-0.15, -0.1) is 4.76 Å². The van der Waals surface area contributed by atoms with Gasteiger partial charge in [0.1, 0.15) is 0 Å². The Kier molecular flexibility index (Phi) is 7.89. The lowest BCUT2D eigenvalue weighted by Gasteiger charge is -2.14. The van der Waals surface area contributed by atoms with Crippen molar-refractivity contribution in [3.05, 3.63) is 0 Å². The highest BCUT2D eigenvalue weighted by Crippen LogP contribution is 2.35. The zero-order valence-electron chi connectivity index (χ0n) is 7.75. The monoisotopic (exact) mass is 225 g/mol. The highest BCUT2D eigenvalue weighted by atomic mass is 31.2. The Morgan fingerprint density at radius 1 is 1.57 bits per heavy atom. The third-order valence-electron chi connectivity index (χ3n) is 1.10. The number of guanidine groups is 1. The molecule has 14 heavy (non-hydrogen) atoms. The fourth-order valence-electron chi connectivity index (χ4n) is 0.372. The quantitative estimate of drug-likeness (QED) is 0.304. The van der Waals surface area contributed by atoms with E-state index in [-0.39, 0.29) is 12.1 Å². The fraction of sp³-hybridized carbons (Fsp3) is 0.600. The summed E-state index contributed by atoms with van der Waals surface area (Å²) in [4.78, 5) is 34.4. The van der Waals surface area contributed by atoms with Crippen LogP contribution in [0.3, 0.4) is 0 Å². The molecule has 0 spiro atoms. The number of hydrogen-bond acceptors (Lipinski definition) is 3. The molecule has 0 aromatic rings. The number of carbonyl (C=O) groups excluding carboxylic acids is 2. The van der Waals surface area contributed by atoms with E-state index in [2.05, 4.69) is 4.76 Å². The van der Waals surface area contributed by atoms with E-state index in [9.17, 15) is 4.57 Å². The van der Waals surface area contributed by atoms with Crippen molar-refractivity contribution in [2.24, 2.45) is 10.5 Å². The van der Waals surface area contributed by atoms with Crippen molar-refractivity contribution in [3.63, 3.8) is 0 Å². The first kappa shape index (κ1) is 15.3. The lowest BCUT2D eigenvalue weighted by molar-refractivity contribution is -0.191. The summed E-state index contributed by atoms with van der Waals surface area (Å²) in [5.74, 6) is -0.152. The van der Waals surface area contributed by atoms with Crippen LogP contribution in [0.15, 0.2) is 4.76 Å². The molecular weight excluding hydrogens is 213 g/mol. The van der Waals surface area contributed by atoms with Gasteiger partial charge >= 0.3 is 13.9 Å². The average Bonchev–Trinajstić information content (AvgIpc) is 2.01. The van der Waals surface area contributed by atoms with Gasteiger partial charge in [-0.05, 0) is 6.92 Å². The highest BCUT2D eigenvalue weighted by Gasteiger charge is 2.12. The zero-order chi connectivity index (χ0) is 11.8. The molecule has 0 rings (SSSR count). The molecule has 0 fully saturated rings. The van der Waals surface area contributed by atoms with E-state index in [1.54, 1.807) is 14.0 Å². The molecule has 0 saturated carbocycles. The molecule has 0 aromatic carbocycles. The smallest absolute Gasteiger partial charge is 0.369 e. The molecule has 0 aliphatic rings. The van der Waals surface area contributed by atoms with Gasteiger partial charge in [-0.25, -0.2) is 4.57 Å². The van der Waals surface area contributed by atoms with Crippen LogP contribution in [0.4, 0.5) is 0 Å². The number of hydrogen-bond donors (Lipinski definition) is 3. The lowest BCUT2D eigenvalue weighted by Crippen LogP contribution is -2.33. The molecule has 82 valence electrons. The molecule has 0 saturated heterocycles. The molecule has 0 radical (unpaired) electrons. The Labute approximate surface area is 80.6 Å². The molecule has 0 aromatic heterocycles. The lowest BCUT2D eigenvalue weighted by atomic mass is 10.6. The first-order valence-corrected chi connectivity index (χ1v) is 4.96. The minimum atomic E-state index is -4.37. The Hall–Kier alpha value is -1.20. The van der Waals surface area contributed by atoms with E-state index >= 15 is 0 Å². The second kappa shape index (κ2) is 7.23. The molecule has 8 nitrogen and oxygen atoms in total. The van der Waals surface area contributed by atoms with Crippen LogP contribution in [0, 0.1) is 0 Å². The summed E-state index contributed by atoms with van der Waals surface area (Å²) in [6.07, 6.45) is 0.250. The summed E-state index contributed by atoms with van der Waals surface area (Å²) < 4.78 is 13.2. The number of nitrogens with zero attached hydrogens (tertiary/aromatic N) is 2. The molecule has 9 heteroatoms. The van der Waals surface area contributed by atoms with E-state index < -0.39 is 7.75 Å². The summed E-state index contributed by atoms with van der Waals surface area (Å²) in [6, 6.07) is 0. The van der Waals surface area contributed by atoms with Gasteiger partial charge in [0.15, 0.2) is 0 Å². The van der Waals surface area contributed by atoms with Crippen LogP contribution in [-0.4, -0.2) is 40.4 Å². The molecular formula is C5H12N3O5P. The number of nitrogens with two attached hydrogens (primary N) is 1.